The first-order chi connectivity index (χ1) is 8.16. The van der Waals surface area contributed by atoms with E-state index in [0.717, 1.165) is 19.4 Å². The molecule has 0 atom stereocenters. The summed E-state index contributed by atoms with van der Waals surface area (Å²) in [6, 6.07) is 14.5. The summed E-state index contributed by atoms with van der Waals surface area (Å²) in [5, 5.41) is 5.47. The lowest BCUT2D eigenvalue weighted by Gasteiger charge is -2.07. The molecule has 17 heavy (non-hydrogen) atoms. The largest absolute Gasteiger partial charge is 0.0824 e. The smallest absolute Gasteiger partial charge is 0.0626 e. The van der Waals surface area contributed by atoms with Gasteiger partial charge in [0, 0.05) is 14.3 Å². The van der Waals surface area contributed by atoms with Crippen LogP contribution in [0.15, 0.2) is 51.4 Å². The molecule has 0 radical (unpaired) electrons. The van der Waals surface area contributed by atoms with E-state index < -0.39 is 0 Å². The summed E-state index contributed by atoms with van der Waals surface area (Å²) in [5.74, 6) is 0. The van der Waals surface area contributed by atoms with Crippen LogP contribution in [0.4, 0.5) is 0 Å². The van der Waals surface area contributed by atoms with E-state index in [1.807, 2.05) is 6.07 Å². The van der Waals surface area contributed by atoms with Crippen LogP contribution < -0.4 is 0 Å². The highest BCUT2D eigenvalue weighted by Crippen LogP contribution is 2.35. The van der Waals surface area contributed by atoms with Crippen molar-refractivity contribution < 1.29 is 0 Å². The molecular weight excluding hydrogens is 363 g/mol. The Labute approximate surface area is 121 Å². The fourth-order valence-corrected chi connectivity index (χ4v) is 3.01. The van der Waals surface area contributed by atoms with Crippen molar-refractivity contribution in [2.75, 3.05) is 0 Å². The molecule has 0 aliphatic carbocycles. The Balaban J connectivity index is 2.53. The summed E-state index contributed by atoms with van der Waals surface area (Å²) in [6.07, 6.45) is 0. The highest BCUT2D eigenvalue weighted by molar-refractivity contribution is 9.10. The second-order valence-electron chi connectivity index (χ2n) is 3.89. The molecule has 3 heteroatoms. The summed E-state index contributed by atoms with van der Waals surface area (Å²) in [6.45, 7) is 0. The maximum atomic E-state index is 6.30. The van der Waals surface area contributed by atoms with Crippen molar-refractivity contribution >= 4 is 65.0 Å². The van der Waals surface area contributed by atoms with Crippen molar-refractivity contribution in [3.63, 3.8) is 0 Å². The zero-order chi connectivity index (χ0) is 12.0. The van der Waals surface area contributed by atoms with Gasteiger partial charge >= 0.3 is 0 Å². The summed E-state index contributed by atoms with van der Waals surface area (Å²) >= 11 is 13.2. The second-order valence-corrected chi connectivity index (χ2v) is 6.04. The Bertz CT molecular complexity index is 735. The Hall–Kier alpha value is -0.570. The van der Waals surface area contributed by atoms with Crippen LogP contribution in [0, 0.1) is 0 Å². The molecule has 0 saturated carbocycles. The van der Waals surface area contributed by atoms with Gasteiger partial charge in [-0.3, -0.25) is 0 Å². The van der Waals surface area contributed by atoms with Crippen molar-refractivity contribution in [3.8, 4) is 0 Å². The van der Waals surface area contributed by atoms with E-state index in [1.54, 1.807) is 0 Å². The van der Waals surface area contributed by atoms with E-state index in [4.69, 9.17) is 11.6 Å². The molecule has 0 fully saturated rings. The van der Waals surface area contributed by atoms with Crippen LogP contribution in [-0.2, 0) is 0 Å². The lowest BCUT2D eigenvalue weighted by molar-refractivity contribution is 1.70. The van der Waals surface area contributed by atoms with Crippen molar-refractivity contribution in [3.05, 3.63) is 56.4 Å². The Kier molecular flexibility index (Phi) is 2.89. The Morgan fingerprint density at radius 3 is 2.29 bits per heavy atom. The topological polar surface area (TPSA) is 0 Å². The minimum atomic E-state index is 0.771. The van der Waals surface area contributed by atoms with Gasteiger partial charge in [-0.2, -0.15) is 0 Å². The number of benzene rings is 3. The van der Waals surface area contributed by atoms with Gasteiger partial charge in [0.15, 0.2) is 0 Å². The van der Waals surface area contributed by atoms with Gasteiger partial charge in [0.2, 0.25) is 0 Å². The van der Waals surface area contributed by atoms with Crippen LogP contribution >= 0.6 is 43.5 Å². The molecule has 3 rings (SSSR count). The van der Waals surface area contributed by atoms with Crippen LogP contribution in [0.5, 0.6) is 0 Å². The van der Waals surface area contributed by atoms with E-state index in [9.17, 15) is 0 Å². The van der Waals surface area contributed by atoms with Crippen LogP contribution in [-0.4, -0.2) is 0 Å². The molecule has 84 valence electrons. The van der Waals surface area contributed by atoms with Crippen LogP contribution in [0.25, 0.3) is 21.5 Å². The van der Waals surface area contributed by atoms with Gasteiger partial charge in [-0.05, 0) is 50.3 Å². The van der Waals surface area contributed by atoms with Crippen molar-refractivity contribution in [2.24, 2.45) is 0 Å². The minimum Gasteiger partial charge on any atom is -0.0824 e. The maximum absolute atomic E-state index is 6.30. The van der Waals surface area contributed by atoms with Gasteiger partial charge in [-0.1, -0.05) is 51.8 Å². The average Bonchev–Trinajstić information content (AvgIpc) is 2.33. The molecule has 3 aromatic carbocycles. The first-order valence-electron chi connectivity index (χ1n) is 5.13. The third-order valence-corrected chi connectivity index (χ3v) is 4.66. The van der Waals surface area contributed by atoms with E-state index in [0.29, 0.717) is 0 Å². The van der Waals surface area contributed by atoms with Crippen LogP contribution in [0.1, 0.15) is 0 Å². The van der Waals surface area contributed by atoms with Gasteiger partial charge in [0.05, 0.1) is 5.02 Å². The number of halogens is 3. The molecule has 3 aromatic rings. The number of fused-ring (bicyclic) bond motifs is 3. The lowest BCUT2D eigenvalue weighted by Crippen LogP contribution is -1.80. The molecular formula is C14H7Br2Cl. The first-order valence-corrected chi connectivity index (χ1v) is 7.09. The fourth-order valence-electron chi connectivity index (χ4n) is 2.05. The summed E-state index contributed by atoms with van der Waals surface area (Å²) in [7, 11) is 0. The first kappa shape index (κ1) is 11.5. The highest BCUT2D eigenvalue weighted by atomic mass is 79.9. The SMILES string of the molecule is Clc1c(Br)ccc2c1ccc1cc(Br)ccc12. The predicted molar refractivity (Wildman–Crippen MR) is 81.9 cm³/mol. The Morgan fingerprint density at radius 1 is 0.765 bits per heavy atom. The molecule has 0 N–H and O–H groups in total. The fraction of sp³-hybridized carbons (Fsp3) is 0. The van der Waals surface area contributed by atoms with Gasteiger partial charge in [-0.25, -0.2) is 0 Å². The summed E-state index contributed by atoms with van der Waals surface area (Å²) in [4.78, 5) is 0. The van der Waals surface area contributed by atoms with Gasteiger partial charge in [0.1, 0.15) is 0 Å². The van der Waals surface area contributed by atoms with E-state index in [1.165, 1.54) is 16.2 Å². The lowest BCUT2D eigenvalue weighted by atomic mass is 10.0. The normalized spacial score (nSPS) is 11.2. The molecule has 0 aliphatic rings. The minimum absolute atomic E-state index is 0.771. The molecule has 0 nitrogen and oxygen atoms in total. The third kappa shape index (κ3) is 1.88. The third-order valence-electron chi connectivity index (χ3n) is 2.87. The zero-order valence-electron chi connectivity index (χ0n) is 8.68. The van der Waals surface area contributed by atoms with Gasteiger partial charge in [-0.15, -0.1) is 0 Å². The van der Waals surface area contributed by atoms with Crippen molar-refractivity contribution in [1.82, 2.24) is 0 Å². The maximum Gasteiger partial charge on any atom is 0.0626 e. The molecule has 0 spiro atoms. The number of hydrogen-bond donors (Lipinski definition) is 0. The quantitative estimate of drug-likeness (QED) is 0.415. The molecule has 0 heterocycles. The van der Waals surface area contributed by atoms with Gasteiger partial charge in [0.25, 0.3) is 0 Å². The molecule has 0 bridgehead atoms. The molecule has 0 amide bonds. The van der Waals surface area contributed by atoms with E-state index >= 15 is 0 Å². The highest BCUT2D eigenvalue weighted by Gasteiger charge is 2.06. The monoisotopic (exact) mass is 368 g/mol. The molecule has 0 aromatic heterocycles. The predicted octanol–water partition coefficient (Wildman–Crippen LogP) is 6.17. The van der Waals surface area contributed by atoms with Crippen molar-refractivity contribution in [1.29, 1.82) is 0 Å². The van der Waals surface area contributed by atoms with Gasteiger partial charge < -0.3 is 0 Å². The average molecular weight is 370 g/mol. The standard InChI is InChI=1S/C14H7Br2Cl/c15-9-2-4-10-8(7-9)1-3-12-11(10)5-6-13(16)14(12)17/h1-7H. The summed E-state index contributed by atoms with van der Waals surface area (Å²) in [5.41, 5.74) is 0. The second kappa shape index (κ2) is 4.27. The molecule has 0 aliphatic heterocycles. The summed E-state index contributed by atoms with van der Waals surface area (Å²) < 4.78 is 2.02. The molecule has 0 unspecified atom stereocenters. The Morgan fingerprint density at radius 2 is 1.47 bits per heavy atom. The molecule has 0 saturated heterocycles. The van der Waals surface area contributed by atoms with Crippen LogP contribution in [0.2, 0.25) is 5.02 Å². The van der Waals surface area contributed by atoms with Crippen LogP contribution in [0.3, 0.4) is 0 Å². The van der Waals surface area contributed by atoms with E-state index in [-0.39, 0.29) is 0 Å². The zero-order valence-corrected chi connectivity index (χ0v) is 12.6. The van der Waals surface area contributed by atoms with E-state index in [2.05, 4.69) is 68.3 Å². The number of rotatable bonds is 0. The van der Waals surface area contributed by atoms with Crippen molar-refractivity contribution in [2.45, 2.75) is 0 Å². The number of hydrogen-bond acceptors (Lipinski definition) is 0.